The number of nitrogens with one attached hydrogen (secondary N) is 1. The second kappa shape index (κ2) is 6.45. The van der Waals surface area contributed by atoms with E-state index in [0.717, 1.165) is 24.4 Å². The van der Waals surface area contributed by atoms with Gasteiger partial charge in [0.15, 0.2) is 0 Å². The maximum absolute atomic E-state index is 5.62. The third-order valence-corrected chi connectivity index (χ3v) is 3.64. The minimum atomic E-state index is 0.697. The monoisotopic (exact) mass is 261 g/mol. The lowest BCUT2D eigenvalue weighted by atomic mass is 10.2. The fourth-order valence-corrected chi connectivity index (χ4v) is 2.55. The molecule has 0 aliphatic heterocycles. The van der Waals surface area contributed by atoms with Crippen molar-refractivity contribution in [1.29, 1.82) is 0 Å². The highest BCUT2D eigenvalue weighted by Crippen LogP contribution is 2.25. The molecule has 1 aromatic heterocycles. The van der Waals surface area contributed by atoms with Gasteiger partial charge in [0.25, 0.3) is 0 Å². The molecule has 0 fully saturated rings. The fourth-order valence-electron chi connectivity index (χ4n) is 1.84. The zero-order valence-electron chi connectivity index (χ0n) is 10.9. The summed E-state index contributed by atoms with van der Waals surface area (Å²) in [5, 5.41) is 5.58. The summed E-state index contributed by atoms with van der Waals surface area (Å²) >= 11 is 1.80. The Balaban J connectivity index is 1.96. The minimum absolute atomic E-state index is 0.697. The Hall–Kier alpha value is -1.48. The molecule has 1 N–H and O–H groups in total. The number of thiophene rings is 1. The van der Waals surface area contributed by atoms with Gasteiger partial charge in [0.1, 0.15) is 5.75 Å². The number of anilines is 1. The van der Waals surface area contributed by atoms with Crippen LogP contribution in [-0.2, 0) is 6.42 Å². The van der Waals surface area contributed by atoms with E-state index in [9.17, 15) is 0 Å². The molecule has 0 saturated heterocycles. The lowest BCUT2D eigenvalue weighted by Gasteiger charge is -2.12. The summed E-state index contributed by atoms with van der Waals surface area (Å²) in [6.45, 7) is 5.74. The van der Waals surface area contributed by atoms with Gasteiger partial charge in [0.2, 0.25) is 0 Å². The van der Waals surface area contributed by atoms with Crippen molar-refractivity contribution in [2.45, 2.75) is 20.3 Å². The minimum Gasteiger partial charge on any atom is -0.492 e. The van der Waals surface area contributed by atoms with Crippen molar-refractivity contribution in [3.05, 3.63) is 46.2 Å². The smallest absolute Gasteiger partial charge is 0.142 e. The molecule has 1 aromatic carbocycles. The van der Waals surface area contributed by atoms with E-state index in [1.165, 1.54) is 10.4 Å². The quantitative estimate of drug-likeness (QED) is 0.845. The van der Waals surface area contributed by atoms with Crippen LogP contribution in [0.5, 0.6) is 5.75 Å². The van der Waals surface area contributed by atoms with Gasteiger partial charge in [-0.05, 0) is 49.4 Å². The number of ether oxygens (including phenoxy) is 1. The van der Waals surface area contributed by atoms with E-state index in [1.54, 1.807) is 11.3 Å². The van der Waals surface area contributed by atoms with Crippen molar-refractivity contribution in [3.8, 4) is 5.75 Å². The first-order valence-corrected chi connectivity index (χ1v) is 7.17. The van der Waals surface area contributed by atoms with Gasteiger partial charge in [-0.15, -0.1) is 11.3 Å². The highest BCUT2D eigenvalue weighted by Gasteiger charge is 2.03. The van der Waals surface area contributed by atoms with Gasteiger partial charge in [0.05, 0.1) is 12.3 Å². The third kappa shape index (κ3) is 3.50. The van der Waals surface area contributed by atoms with Crippen molar-refractivity contribution < 1.29 is 4.74 Å². The zero-order valence-corrected chi connectivity index (χ0v) is 11.7. The molecule has 2 rings (SSSR count). The first kappa shape index (κ1) is 13.0. The molecule has 3 heteroatoms. The zero-order chi connectivity index (χ0) is 12.8. The van der Waals surface area contributed by atoms with Gasteiger partial charge in [0, 0.05) is 11.4 Å². The van der Waals surface area contributed by atoms with Crippen LogP contribution in [0, 0.1) is 6.92 Å². The third-order valence-electron chi connectivity index (χ3n) is 2.70. The maximum Gasteiger partial charge on any atom is 0.142 e. The molecule has 0 bridgehead atoms. The number of benzene rings is 1. The summed E-state index contributed by atoms with van der Waals surface area (Å²) in [6.07, 6.45) is 1.05. The molecule has 0 atom stereocenters. The number of rotatable bonds is 6. The Labute approximate surface area is 113 Å². The van der Waals surface area contributed by atoms with E-state index in [2.05, 4.69) is 41.9 Å². The van der Waals surface area contributed by atoms with Crippen LogP contribution in [0.25, 0.3) is 0 Å². The van der Waals surface area contributed by atoms with E-state index in [4.69, 9.17) is 4.74 Å². The molecule has 0 spiro atoms. The van der Waals surface area contributed by atoms with Gasteiger partial charge in [-0.3, -0.25) is 0 Å². The lowest BCUT2D eigenvalue weighted by molar-refractivity contribution is 0.341. The molecule has 96 valence electrons. The first-order valence-electron chi connectivity index (χ1n) is 6.29. The molecule has 0 radical (unpaired) electrons. The fraction of sp³-hybridized carbons (Fsp3) is 0.333. The Morgan fingerprint density at radius 2 is 2.17 bits per heavy atom. The predicted molar refractivity (Wildman–Crippen MR) is 78.9 cm³/mol. The number of aryl methyl sites for hydroxylation is 1. The average Bonchev–Trinajstić information content (AvgIpc) is 2.86. The highest BCUT2D eigenvalue weighted by molar-refractivity contribution is 7.09. The van der Waals surface area contributed by atoms with E-state index in [1.807, 2.05) is 13.0 Å². The standard InChI is InChI=1S/C15H19NOS/c1-3-17-15-7-6-12(2)11-14(15)16-9-8-13-5-4-10-18-13/h4-7,10-11,16H,3,8-9H2,1-2H3. The lowest BCUT2D eigenvalue weighted by Crippen LogP contribution is -2.06. The Bertz CT molecular complexity index is 479. The van der Waals surface area contributed by atoms with E-state index in [-0.39, 0.29) is 0 Å². The Kier molecular flexibility index (Phi) is 4.65. The van der Waals surface area contributed by atoms with Crippen LogP contribution in [-0.4, -0.2) is 13.2 Å². The van der Waals surface area contributed by atoms with Crippen LogP contribution >= 0.6 is 11.3 Å². The molecule has 0 aliphatic rings. The van der Waals surface area contributed by atoms with Crippen molar-refractivity contribution in [3.63, 3.8) is 0 Å². The SMILES string of the molecule is CCOc1ccc(C)cc1NCCc1cccs1. The summed E-state index contributed by atoms with van der Waals surface area (Å²) in [4.78, 5) is 1.41. The Morgan fingerprint density at radius 1 is 1.28 bits per heavy atom. The van der Waals surface area contributed by atoms with Gasteiger partial charge < -0.3 is 10.1 Å². The summed E-state index contributed by atoms with van der Waals surface area (Å²) < 4.78 is 5.62. The van der Waals surface area contributed by atoms with Crippen molar-refractivity contribution in [2.75, 3.05) is 18.5 Å². The first-order chi connectivity index (χ1) is 8.79. The molecule has 0 aliphatic carbocycles. The largest absolute Gasteiger partial charge is 0.492 e. The molecular formula is C15H19NOS. The van der Waals surface area contributed by atoms with Gasteiger partial charge in [-0.2, -0.15) is 0 Å². The van der Waals surface area contributed by atoms with Crippen LogP contribution in [0.3, 0.4) is 0 Å². The second-order valence-corrected chi connectivity index (χ2v) is 5.22. The van der Waals surface area contributed by atoms with Crippen LogP contribution < -0.4 is 10.1 Å². The van der Waals surface area contributed by atoms with E-state index in [0.29, 0.717) is 6.61 Å². The van der Waals surface area contributed by atoms with E-state index < -0.39 is 0 Å². The van der Waals surface area contributed by atoms with Gasteiger partial charge in [-0.1, -0.05) is 12.1 Å². The van der Waals surface area contributed by atoms with Gasteiger partial charge in [-0.25, -0.2) is 0 Å². The summed E-state index contributed by atoms with van der Waals surface area (Å²) in [5.74, 6) is 0.939. The molecule has 2 nitrogen and oxygen atoms in total. The molecule has 0 unspecified atom stereocenters. The average molecular weight is 261 g/mol. The van der Waals surface area contributed by atoms with Crippen molar-refractivity contribution in [1.82, 2.24) is 0 Å². The summed E-state index contributed by atoms with van der Waals surface area (Å²) in [5.41, 5.74) is 2.34. The molecule has 18 heavy (non-hydrogen) atoms. The molecule has 2 aromatic rings. The number of hydrogen-bond donors (Lipinski definition) is 1. The topological polar surface area (TPSA) is 21.3 Å². The van der Waals surface area contributed by atoms with Gasteiger partial charge >= 0.3 is 0 Å². The maximum atomic E-state index is 5.62. The van der Waals surface area contributed by atoms with Crippen LogP contribution in [0.1, 0.15) is 17.4 Å². The van der Waals surface area contributed by atoms with E-state index >= 15 is 0 Å². The van der Waals surface area contributed by atoms with Crippen molar-refractivity contribution >= 4 is 17.0 Å². The molecule has 0 amide bonds. The highest BCUT2D eigenvalue weighted by atomic mass is 32.1. The summed E-state index contributed by atoms with van der Waals surface area (Å²) in [6, 6.07) is 10.5. The normalized spacial score (nSPS) is 10.3. The summed E-state index contributed by atoms with van der Waals surface area (Å²) in [7, 11) is 0. The number of hydrogen-bond acceptors (Lipinski definition) is 3. The predicted octanol–water partition coefficient (Wildman–Crippen LogP) is 4.11. The van der Waals surface area contributed by atoms with Crippen LogP contribution in [0.4, 0.5) is 5.69 Å². The molecular weight excluding hydrogens is 242 g/mol. The van der Waals surface area contributed by atoms with Crippen LogP contribution in [0.2, 0.25) is 0 Å². The molecule has 0 saturated carbocycles. The Morgan fingerprint density at radius 3 is 2.89 bits per heavy atom. The molecule has 1 heterocycles. The second-order valence-electron chi connectivity index (χ2n) is 4.19. The van der Waals surface area contributed by atoms with Crippen LogP contribution in [0.15, 0.2) is 35.7 Å². The van der Waals surface area contributed by atoms with Crippen molar-refractivity contribution in [2.24, 2.45) is 0 Å².